The van der Waals surface area contributed by atoms with Gasteiger partial charge in [0.2, 0.25) is 0 Å². The van der Waals surface area contributed by atoms with Crippen molar-refractivity contribution in [3.8, 4) is 0 Å². The molecular formula is C5H10F3N3S. The first kappa shape index (κ1) is 11.4. The number of hydrogen-bond acceptors (Lipinski definition) is 2. The molecule has 0 aliphatic carbocycles. The van der Waals surface area contributed by atoms with Crippen LogP contribution in [-0.4, -0.2) is 17.8 Å². The largest absolute Gasteiger partial charge is 0.389 e. The van der Waals surface area contributed by atoms with Gasteiger partial charge in [-0.1, -0.05) is 0 Å². The summed E-state index contributed by atoms with van der Waals surface area (Å²) in [4.78, 5) is 0. The Balaban J connectivity index is 3.28. The van der Waals surface area contributed by atoms with Gasteiger partial charge in [0.25, 0.3) is 0 Å². The second kappa shape index (κ2) is 5.15. The fraction of sp³-hybridized carbons (Fsp3) is 0.800. The first-order chi connectivity index (χ1) is 5.45. The summed E-state index contributed by atoms with van der Waals surface area (Å²) in [5.41, 5.74) is 2.10. The van der Waals surface area contributed by atoms with Gasteiger partial charge < -0.3 is 10.7 Å². The predicted molar refractivity (Wildman–Crippen MR) is 43.2 cm³/mol. The molecule has 12 heavy (non-hydrogen) atoms. The van der Waals surface area contributed by atoms with Crippen LogP contribution in [0, 0.1) is 0 Å². The van der Waals surface area contributed by atoms with Crippen LogP contribution in [0.5, 0.6) is 0 Å². The molecular weight excluding hydrogens is 191 g/mol. The van der Waals surface area contributed by atoms with Crippen molar-refractivity contribution in [1.82, 2.24) is 10.7 Å². The van der Waals surface area contributed by atoms with Crippen molar-refractivity contribution >= 4 is 17.3 Å². The Morgan fingerprint density at radius 2 is 2.00 bits per heavy atom. The zero-order valence-electron chi connectivity index (χ0n) is 6.24. The van der Waals surface area contributed by atoms with Crippen LogP contribution in [0.4, 0.5) is 13.2 Å². The lowest BCUT2D eigenvalue weighted by atomic mass is 10.3. The van der Waals surface area contributed by atoms with E-state index in [4.69, 9.17) is 5.84 Å². The number of halogens is 3. The standard InChI is InChI=1S/C5H10F3N3S/c6-5(7,8)2-1-3-10-4(12)11-9/h1-3,9H2,(H2,10,11,12). The van der Waals surface area contributed by atoms with Crippen LogP contribution in [0.2, 0.25) is 0 Å². The Kier molecular flexibility index (Phi) is 4.91. The Hall–Kier alpha value is -0.560. The third-order valence-corrected chi connectivity index (χ3v) is 1.32. The summed E-state index contributed by atoms with van der Waals surface area (Å²) < 4.78 is 34.7. The number of alkyl halides is 3. The quantitative estimate of drug-likeness (QED) is 0.272. The second-order valence-corrected chi connectivity index (χ2v) is 2.53. The highest BCUT2D eigenvalue weighted by Crippen LogP contribution is 2.20. The summed E-state index contributed by atoms with van der Waals surface area (Å²) in [6, 6.07) is 0. The van der Waals surface area contributed by atoms with Crippen molar-refractivity contribution in [2.24, 2.45) is 5.84 Å². The normalized spacial score (nSPS) is 11.0. The van der Waals surface area contributed by atoms with E-state index in [-0.39, 0.29) is 18.1 Å². The lowest BCUT2D eigenvalue weighted by Crippen LogP contribution is -2.40. The number of hydrogen-bond donors (Lipinski definition) is 3. The smallest absolute Gasteiger partial charge is 0.362 e. The van der Waals surface area contributed by atoms with Gasteiger partial charge >= 0.3 is 6.18 Å². The van der Waals surface area contributed by atoms with Gasteiger partial charge in [-0.3, -0.25) is 0 Å². The molecule has 0 aliphatic rings. The molecule has 72 valence electrons. The van der Waals surface area contributed by atoms with Crippen LogP contribution < -0.4 is 16.6 Å². The van der Waals surface area contributed by atoms with Gasteiger partial charge in [-0.15, -0.1) is 0 Å². The van der Waals surface area contributed by atoms with Crippen molar-refractivity contribution in [3.63, 3.8) is 0 Å². The molecule has 0 aliphatic heterocycles. The summed E-state index contributed by atoms with van der Waals surface area (Å²) in [7, 11) is 0. The molecule has 0 unspecified atom stereocenters. The van der Waals surface area contributed by atoms with Crippen molar-refractivity contribution in [1.29, 1.82) is 0 Å². The molecule has 0 amide bonds. The maximum Gasteiger partial charge on any atom is 0.389 e. The van der Waals surface area contributed by atoms with E-state index >= 15 is 0 Å². The number of nitrogens with two attached hydrogens (primary N) is 1. The van der Waals surface area contributed by atoms with Crippen LogP contribution in [0.1, 0.15) is 12.8 Å². The Morgan fingerprint density at radius 3 is 2.42 bits per heavy atom. The van der Waals surface area contributed by atoms with Crippen LogP contribution in [-0.2, 0) is 0 Å². The molecule has 0 aromatic heterocycles. The first-order valence-corrected chi connectivity index (χ1v) is 3.68. The number of hydrazine groups is 1. The monoisotopic (exact) mass is 201 g/mol. The van der Waals surface area contributed by atoms with E-state index in [1.54, 1.807) is 0 Å². The lowest BCUT2D eigenvalue weighted by molar-refractivity contribution is -0.135. The fourth-order valence-corrected chi connectivity index (χ4v) is 0.644. The average molecular weight is 201 g/mol. The van der Waals surface area contributed by atoms with E-state index < -0.39 is 12.6 Å². The van der Waals surface area contributed by atoms with Gasteiger partial charge in [-0.25, -0.2) is 5.84 Å². The molecule has 0 atom stereocenters. The Bertz CT molecular complexity index is 147. The molecule has 7 heteroatoms. The van der Waals surface area contributed by atoms with E-state index in [0.29, 0.717) is 0 Å². The SMILES string of the molecule is NNC(=S)NCCCC(F)(F)F. The minimum Gasteiger partial charge on any atom is -0.362 e. The van der Waals surface area contributed by atoms with Crippen molar-refractivity contribution in [3.05, 3.63) is 0 Å². The van der Waals surface area contributed by atoms with E-state index in [1.807, 2.05) is 0 Å². The highest BCUT2D eigenvalue weighted by molar-refractivity contribution is 7.80. The summed E-state index contributed by atoms with van der Waals surface area (Å²) in [6.45, 7) is 0.169. The van der Waals surface area contributed by atoms with Crippen LogP contribution in [0.25, 0.3) is 0 Å². The molecule has 4 N–H and O–H groups in total. The maximum atomic E-state index is 11.6. The van der Waals surface area contributed by atoms with E-state index in [1.165, 1.54) is 0 Å². The Morgan fingerprint density at radius 1 is 1.42 bits per heavy atom. The van der Waals surface area contributed by atoms with E-state index in [2.05, 4.69) is 23.0 Å². The van der Waals surface area contributed by atoms with Gasteiger partial charge in [0.15, 0.2) is 5.11 Å². The summed E-state index contributed by atoms with van der Waals surface area (Å²) in [5.74, 6) is 4.86. The van der Waals surface area contributed by atoms with Crippen LogP contribution >= 0.6 is 12.2 Å². The van der Waals surface area contributed by atoms with Gasteiger partial charge in [0.05, 0.1) is 0 Å². The lowest BCUT2D eigenvalue weighted by Gasteiger charge is -2.08. The first-order valence-electron chi connectivity index (χ1n) is 3.27. The molecule has 0 bridgehead atoms. The zero-order chi connectivity index (χ0) is 9.61. The highest BCUT2D eigenvalue weighted by atomic mass is 32.1. The third kappa shape index (κ3) is 7.55. The van der Waals surface area contributed by atoms with Gasteiger partial charge in [-0.05, 0) is 18.6 Å². The van der Waals surface area contributed by atoms with E-state index in [9.17, 15) is 13.2 Å². The molecule has 0 saturated carbocycles. The number of nitrogens with one attached hydrogen (secondary N) is 2. The molecule has 0 rings (SSSR count). The van der Waals surface area contributed by atoms with Gasteiger partial charge in [0, 0.05) is 13.0 Å². The predicted octanol–water partition coefficient (Wildman–Crippen LogP) is 0.667. The zero-order valence-corrected chi connectivity index (χ0v) is 7.06. The van der Waals surface area contributed by atoms with Crippen LogP contribution in [0.3, 0.4) is 0 Å². The summed E-state index contributed by atoms with van der Waals surface area (Å²) in [5, 5.41) is 2.65. The van der Waals surface area contributed by atoms with Gasteiger partial charge in [0.1, 0.15) is 0 Å². The minimum absolute atomic E-state index is 0.00861. The molecule has 0 aromatic carbocycles. The highest BCUT2D eigenvalue weighted by Gasteiger charge is 2.25. The second-order valence-electron chi connectivity index (χ2n) is 2.12. The Labute approximate surface area is 73.5 Å². The third-order valence-electron chi connectivity index (χ3n) is 1.05. The fourth-order valence-electron chi connectivity index (χ4n) is 0.542. The summed E-state index contributed by atoms with van der Waals surface area (Å²) >= 11 is 4.53. The minimum atomic E-state index is -4.10. The summed E-state index contributed by atoms with van der Waals surface area (Å²) in [6.07, 6.45) is -4.92. The molecule has 0 saturated heterocycles. The van der Waals surface area contributed by atoms with Gasteiger partial charge in [-0.2, -0.15) is 13.2 Å². The molecule has 0 radical (unpaired) electrons. The number of thiocarbonyl (C=S) groups is 1. The molecule has 0 heterocycles. The molecule has 3 nitrogen and oxygen atoms in total. The topological polar surface area (TPSA) is 50.1 Å². The average Bonchev–Trinajstić information content (AvgIpc) is 1.96. The molecule has 0 spiro atoms. The van der Waals surface area contributed by atoms with Crippen molar-refractivity contribution in [2.75, 3.05) is 6.54 Å². The molecule has 0 aromatic rings. The number of rotatable bonds is 3. The van der Waals surface area contributed by atoms with Crippen molar-refractivity contribution < 1.29 is 13.2 Å². The van der Waals surface area contributed by atoms with E-state index in [0.717, 1.165) is 0 Å². The van der Waals surface area contributed by atoms with Crippen LogP contribution in [0.15, 0.2) is 0 Å². The maximum absolute atomic E-state index is 11.6. The van der Waals surface area contributed by atoms with Crippen molar-refractivity contribution in [2.45, 2.75) is 19.0 Å². The molecule has 0 fully saturated rings.